The molecule has 1 saturated carbocycles. The first-order chi connectivity index (χ1) is 13.7. The third-order valence-electron chi connectivity index (χ3n) is 5.46. The van der Waals surface area contributed by atoms with Crippen LogP contribution in [0.4, 0.5) is 0 Å². The van der Waals surface area contributed by atoms with Crippen molar-refractivity contribution in [2.75, 3.05) is 0 Å². The molecule has 0 atom stereocenters. The quantitative estimate of drug-likeness (QED) is 0.631. The molecule has 0 bridgehead atoms. The lowest BCUT2D eigenvalue weighted by atomic mass is 10.1. The lowest BCUT2D eigenvalue weighted by Gasteiger charge is -2.21. The molecule has 1 aromatic heterocycles. The molecule has 5 nitrogen and oxygen atoms in total. The van der Waals surface area contributed by atoms with Gasteiger partial charge >= 0.3 is 0 Å². The van der Waals surface area contributed by atoms with Gasteiger partial charge in [-0.15, -0.1) is 10.2 Å². The smallest absolute Gasteiger partial charge is 0.254 e. The molecule has 2 aliphatic rings. The zero-order valence-corrected chi connectivity index (χ0v) is 16.2. The molecule has 2 aliphatic carbocycles. The molecule has 0 saturated heterocycles. The number of carbonyl (C=O) groups is 1. The lowest BCUT2D eigenvalue weighted by Crippen LogP contribution is -2.32. The number of halogens is 1. The highest BCUT2D eigenvalue weighted by Crippen LogP contribution is 2.31. The van der Waals surface area contributed by atoms with Gasteiger partial charge in [-0.2, -0.15) is 0 Å². The van der Waals surface area contributed by atoms with Gasteiger partial charge in [0.1, 0.15) is 0 Å². The van der Waals surface area contributed by atoms with E-state index in [1.54, 1.807) is 12.1 Å². The Bertz CT molecular complexity index is 1020. The number of fused-ring (bicyclic) bond motifs is 1. The molecule has 3 aromatic rings. The van der Waals surface area contributed by atoms with Crippen LogP contribution >= 0.6 is 11.6 Å². The van der Waals surface area contributed by atoms with E-state index in [9.17, 15) is 4.79 Å². The van der Waals surface area contributed by atoms with Crippen LogP contribution in [-0.2, 0) is 19.4 Å². The van der Waals surface area contributed by atoms with Crippen LogP contribution in [-0.4, -0.2) is 27.0 Å². The molecule has 0 aliphatic heterocycles. The van der Waals surface area contributed by atoms with E-state index in [0.717, 1.165) is 36.8 Å². The van der Waals surface area contributed by atoms with Gasteiger partial charge in [-0.3, -0.25) is 4.79 Å². The van der Waals surface area contributed by atoms with Crippen molar-refractivity contribution in [1.82, 2.24) is 15.1 Å². The van der Waals surface area contributed by atoms with Crippen molar-refractivity contribution < 1.29 is 9.21 Å². The zero-order valence-electron chi connectivity index (χ0n) is 15.4. The van der Waals surface area contributed by atoms with Gasteiger partial charge in [0.2, 0.25) is 11.8 Å². The first kappa shape index (κ1) is 17.4. The second-order valence-electron chi connectivity index (χ2n) is 7.51. The topological polar surface area (TPSA) is 59.2 Å². The van der Waals surface area contributed by atoms with Gasteiger partial charge in [-0.1, -0.05) is 17.7 Å². The predicted molar refractivity (Wildman–Crippen MR) is 106 cm³/mol. The van der Waals surface area contributed by atoms with Crippen molar-refractivity contribution in [3.8, 4) is 11.5 Å². The molecule has 142 valence electrons. The Hall–Kier alpha value is -2.66. The Labute approximate surface area is 168 Å². The fourth-order valence-corrected chi connectivity index (χ4v) is 3.92. The molecule has 0 radical (unpaired) electrons. The summed E-state index contributed by atoms with van der Waals surface area (Å²) in [7, 11) is 0. The summed E-state index contributed by atoms with van der Waals surface area (Å²) >= 11 is 5.93. The number of carbonyl (C=O) groups excluding carboxylic acids is 1. The SMILES string of the molecule is O=C(c1ccc2c(c1)CCC2)N(Cc1nnc(-c2ccc(Cl)cc2)o1)C1CC1. The number of hydrogen-bond donors (Lipinski definition) is 0. The molecule has 5 rings (SSSR count). The van der Waals surface area contributed by atoms with Crippen LogP contribution in [0.1, 0.15) is 46.6 Å². The number of rotatable bonds is 5. The number of amides is 1. The second-order valence-corrected chi connectivity index (χ2v) is 7.95. The fraction of sp³-hybridized carbons (Fsp3) is 0.318. The minimum Gasteiger partial charge on any atom is -0.419 e. The number of hydrogen-bond acceptors (Lipinski definition) is 4. The minimum absolute atomic E-state index is 0.0449. The normalized spacial score (nSPS) is 15.5. The summed E-state index contributed by atoms with van der Waals surface area (Å²) in [5, 5.41) is 8.94. The van der Waals surface area contributed by atoms with E-state index in [0.29, 0.717) is 23.3 Å². The minimum atomic E-state index is 0.0449. The van der Waals surface area contributed by atoms with E-state index in [1.807, 2.05) is 23.1 Å². The molecule has 28 heavy (non-hydrogen) atoms. The standard InChI is InChI=1S/C22H20ClN3O2/c23-18-8-6-15(7-9-18)21-25-24-20(28-21)13-26(19-10-11-19)22(27)17-5-4-14-2-1-3-16(14)12-17/h4-9,12,19H,1-3,10-11,13H2. The Balaban J connectivity index is 1.36. The summed E-state index contributed by atoms with van der Waals surface area (Å²) < 4.78 is 5.82. The van der Waals surface area contributed by atoms with Crippen LogP contribution in [0.2, 0.25) is 5.02 Å². The first-order valence-corrected chi connectivity index (χ1v) is 10.1. The first-order valence-electron chi connectivity index (χ1n) is 9.68. The molecule has 1 amide bonds. The van der Waals surface area contributed by atoms with E-state index in [-0.39, 0.29) is 11.9 Å². The third kappa shape index (κ3) is 3.42. The molecule has 1 fully saturated rings. The maximum Gasteiger partial charge on any atom is 0.254 e. The Morgan fingerprint density at radius 2 is 1.86 bits per heavy atom. The third-order valence-corrected chi connectivity index (χ3v) is 5.71. The van der Waals surface area contributed by atoms with Crippen LogP contribution < -0.4 is 0 Å². The monoisotopic (exact) mass is 393 g/mol. The molecule has 0 N–H and O–H groups in total. The van der Waals surface area contributed by atoms with E-state index < -0.39 is 0 Å². The molecule has 2 aromatic carbocycles. The van der Waals surface area contributed by atoms with Crippen molar-refractivity contribution in [1.29, 1.82) is 0 Å². The van der Waals surface area contributed by atoms with Crippen molar-refractivity contribution in [3.05, 3.63) is 70.1 Å². The van der Waals surface area contributed by atoms with Gasteiger partial charge in [0.05, 0.1) is 6.54 Å². The lowest BCUT2D eigenvalue weighted by molar-refractivity contribution is 0.0714. The van der Waals surface area contributed by atoms with Gasteiger partial charge in [0.25, 0.3) is 5.91 Å². The Morgan fingerprint density at radius 1 is 1.07 bits per heavy atom. The van der Waals surface area contributed by atoms with E-state index in [1.165, 1.54) is 17.5 Å². The fourth-order valence-electron chi connectivity index (χ4n) is 3.80. The van der Waals surface area contributed by atoms with Crippen molar-refractivity contribution in [2.24, 2.45) is 0 Å². The number of aromatic nitrogens is 2. The van der Waals surface area contributed by atoms with Gasteiger partial charge < -0.3 is 9.32 Å². The van der Waals surface area contributed by atoms with E-state index in [2.05, 4.69) is 22.3 Å². The molecule has 0 unspecified atom stereocenters. The summed E-state index contributed by atoms with van der Waals surface area (Å²) in [5.41, 5.74) is 4.25. The highest BCUT2D eigenvalue weighted by atomic mass is 35.5. The van der Waals surface area contributed by atoms with Crippen LogP contribution in [0.15, 0.2) is 46.9 Å². The van der Waals surface area contributed by atoms with Gasteiger partial charge in [0, 0.05) is 22.2 Å². The Kier molecular flexibility index (Phi) is 4.40. The molecular weight excluding hydrogens is 374 g/mol. The van der Waals surface area contributed by atoms with Crippen LogP contribution in [0, 0.1) is 0 Å². The van der Waals surface area contributed by atoms with Gasteiger partial charge in [-0.25, -0.2) is 0 Å². The van der Waals surface area contributed by atoms with Crippen LogP contribution in [0.5, 0.6) is 0 Å². The maximum absolute atomic E-state index is 13.2. The summed E-state index contributed by atoms with van der Waals surface area (Å²) in [5.74, 6) is 0.933. The summed E-state index contributed by atoms with van der Waals surface area (Å²) in [6.45, 7) is 0.334. The zero-order chi connectivity index (χ0) is 19.1. The van der Waals surface area contributed by atoms with E-state index in [4.69, 9.17) is 16.0 Å². The highest BCUT2D eigenvalue weighted by Gasteiger charge is 2.34. The average molecular weight is 394 g/mol. The molecular formula is C22H20ClN3O2. The predicted octanol–water partition coefficient (Wildman–Crippen LogP) is 4.68. The average Bonchev–Trinajstić information content (AvgIpc) is 3.25. The van der Waals surface area contributed by atoms with Crippen molar-refractivity contribution in [3.63, 3.8) is 0 Å². The van der Waals surface area contributed by atoms with E-state index >= 15 is 0 Å². The number of aryl methyl sites for hydroxylation is 2. The number of nitrogens with zero attached hydrogens (tertiary/aromatic N) is 3. The van der Waals surface area contributed by atoms with Crippen molar-refractivity contribution >= 4 is 17.5 Å². The Morgan fingerprint density at radius 3 is 2.64 bits per heavy atom. The van der Waals surface area contributed by atoms with Crippen molar-refractivity contribution in [2.45, 2.75) is 44.7 Å². The van der Waals surface area contributed by atoms with Gasteiger partial charge in [-0.05, 0) is 79.6 Å². The molecule has 6 heteroatoms. The summed E-state index contributed by atoms with van der Waals surface area (Å²) in [6.07, 6.45) is 5.40. The summed E-state index contributed by atoms with van der Waals surface area (Å²) in [4.78, 5) is 15.0. The van der Waals surface area contributed by atoms with Crippen LogP contribution in [0.3, 0.4) is 0 Å². The maximum atomic E-state index is 13.2. The van der Waals surface area contributed by atoms with Gasteiger partial charge in [0.15, 0.2) is 0 Å². The largest absolute Gasteiger partial charge is 0.419 e. The molecule has 1 heterocycles. The number of benzene rings is 2. The van der Waals surface area contributed by atoms with Crippen LogP contribution in [0.25, 0.3) is 11.5 Å². The second kappa shape index (κ2) is 7.06. The summed E-state index contributed by atoms with van der Waals surface area (Å²) in [6, 6.07) is 13.6. The highest BCUT2D eigenvalue weighted by molar-refractivity contribution is 6.30. The molecule has 0 spiro atoms.